The summed E-state index contributed by atoms with van der Waals surface area (Å²) in [6.07, 6.45) is 4.60. The van der Waals surface area contributed by atoms with Crippen molar-refractivity contribution in [2.24, 2.45) is 5.73 Å². The number of benzene rings is 1. The summed E-state index contributed by atoms with van der Waals surface area (Å²) in [5.74, 6) is 1.09. The van der Waals surface area contributed by atoms with E-state index in [2.05, 4.69) is 9.55 Å². The standard InChI is InChI=1S/C13H18N4/c14-8-7-12-16-11-6-2-5-10(15)13(11)17(12)9-3-1-4-9/h2,5-6,9H,1,3-4,7-8,14-15H2. The minimum atomic E-state index is 0.575. The Labute approximate surface area is 101 Å². The second-order valence-corrected chi connectivity index (χ2v) is 4.74. The predicted octanol–water partition coefficient (Wildman–Crippen LogP) is 1.84. The van der Waals surface area contributed by atoms with E-state index in [1.807, 2.05) is 18.2 Å². The van der Waals surface area contributed by atoms with Crippen LogP contribution in [0.5, 0.6) is 0 Å². The molecule has 1 aromatic carbocycles. The summed E-state index contributed by atoms with van der Waals surface area (Å²) in [6.45, 7) is 0.635. The third-order valence-electron chi connectivity index (χ3n) is 3.62. The van der Waals surface area contributed by atoms with Crippen molar-refractivity contribution in [1.29, 1.82) is 0 Å². The van der Waals surface area contributed by atoms with Crippen molar-refractivity contribution in [3.05, 3.63) is 24.0 Å². The van der Waals surface area contributed by atoms with E-state index in [4.69, 9.17) is 11.5 Å². The van der Waals surface area contributed by atoms with Crippen LogP contribution >= 0.6 is 0 Å². The van der Waals surface area contributed by atoms with Crippen LogP contribution < -0.4 is 11.5 Å². The minimum absolute atomic E-state index is 0.575. The monoisotopic (exact) mass is 230 g/mol. The van der Waals surface area contributed by atoms with Gasteiger partial charge in [0.2, 0.25) is 0 Å². The van der Waals surface area contributed by atoms with Crippen LogP contribution in [0.25, 0.3) is 11.0 Å². The predicted molar refractivity (Wildman–Crippen MR) is 69.8 cm³/mol. The topological polar surface area (TPSA) is 69.9 Å². The smallest absolute Gasteiger partial charge is 0.111 e. The number of rotatable bonds is 3. The Balaban J connectivity index is 2.21. The van der Waals surface area contributed by atoms with Crippen LogP contribution in [-0.4, -0.2) is 16.1 Å². The van der Waals surface area contributed by atoms with E-state index in [0.29, 0.717) is 12.6 Å². The third kappa shape index (κ3) is 1.60. The molecule has 4 N–H and O–H groups in total. The normalized spacial score (nSPS) is 16.3. The first kappa shape index (κ1) is 10.6. The van der Waals surface area contributed by atoms with Gasteiger partial charge >= 0.3 is 0 Å². The van der Waals surface area contributed by atoms with Crippen LogP contribution in [0.4, 0.5) is 5.69 Å². The lowest BCUT2D eigenvalue weighted by Crippen LogP contribution is -2.21. The molecule has 0 unspecified atom stereocenters. The molecule has 0 aliphatic heterocycles. The number of nitrogens with zero attached hydrogens (tertiary/aromatic N) is 2. The van der Waals surface area contributed by atoms with Gasteiger partial charge in [-0.05, 0) is 37.9 Å². The van der Waals surface area contributed by atoms with Crippen LogP contribution in [0.3, 0.4) is 0 Å². The van der Waals surface area contributed by atoms with E-state index in [1.165, 1.54) is 19.3 Å². The highest BCUT2D eigenvalue weighted by atomic mass is 15.1. The zero-order valence-electron chi connectivity index (χ0n) is 9.89. The number of fused-ring (bicyclic) bond motifs is 1. The molecule has 90 valence electrons. The minimum Gasteiger partial charge on any atom is -0.397 e. The Morgan fingerprint density at radius 1 is 1.35 bits per heavy atom. The summed E-state index contributed by atoms with van der Waals surface area (Å²) >= 11 is 0. The van der Waals surface area contributed by atoms with Gasteiger partial charge in [0.05, 0.1) is 16.7 Å². The van der Waals surface area contributed by atoms with Gasteiger partial charge in [-0.3, -0.25) is 0 Å². The van der Waals surface area contributed by atoms with E-state index in [0.717, 1.165) is 29.0 Å². The molecule has 1 saturated carbocycles. The van der Waals surface area contributed by atoms with E-state index in [-0.39, 0.29) is 0 Å². The zero-order valence-corrected chi connectivity index (χ0v) is 9.89. The maximum absolute atomic E-state index is 6.09. The Bertz CT molecular complexity index is 540. The molecule has 17 heavy (non-hydrogen) atoms. The molecule has 0 radical (unpaired) electrons. The van der Waals surface area contributed by atoms with Crippen LogP contribution in [-0.2, 0) is 6.42 Å². The molecular formula is C13H18N4. The van der Waals surface area contributed by atoms with Gasteiger partial charge in [0.15, 0.2) is 0 Å². The summed E-state index contributed by atoms with van der Waals surface area (Å²) in [5, 5.41) is 0. The van der Waals surface area contributed by atoms with Crippen molar-refractivity contribution in [3.63, 3.8) is 0 Å². The van der Waals surface area contributed by atoms with Gasteiger partial charge in [-0.15, -0.1) is 0 Å². The Kier molecular flexibility index (Phi) is 2.52. The number of nitrogen functional groups attached to an aromatic ring is 1. The fourth-order valence-electron chi connectivity index (χ4n) is 2.57. The van der Waals surface area contributed by atoms with Crippen molar-refractivity contribution in [1.82, 2.24) is 9.55 Å². The fourth-order valence-corrected chi connectivity index (χ4v) is 2.57. The lowest BCUT2D eigenvalue weighted by atomic mass is 9.92. The molecule has 0 atom stereocenters. The number of imidazole rings is 1. The first-order valence-electron chi connectivity index (χ1n) is 6.26. The van der Waals surface area contributed by atoms with Crippen LogP contribution in [0, 0.1) is 0 Å². The molecule has 1 fully saturated rings. The second-order valence-electron chi connectivity index (χ2n) is 4.74. The Morgan fingerprint density at radius 3 is 2.82 bits per heavy atom. The van der Waals surface area contributed by atoms with Crippen LogP contribution in [0.2, 0.25) is 0 Å². The van der Waals surface area contributed by atoms with Crippen LogP contribution in [0.15, 0.2) is 18.2 Å². The molecule has 0 saturated heterocycles. The molecule has 3 rings (SSSR count). The van der Waals surface area contributed by atoms with Gasteiger partial charge in [-0.1, -0.05) is 6.07 Å². The maximum Gasteiger partial charge on any atom is 0.111 e. The summed E-state index contributed by atoms with van der Waals surface area (Å²) < 4.78 is 2.32. The number of hydrogen-bond donors (Lipinski definition) is 2. The van der Waals surface area contributed by atoms with Crippen molar-refractivity contribution < 1.29 is 0 Å². The van der Waals surface area contributed by atoms with Gasteiger partial charge in [-0.25, -0.2) is 4.98 Å². The quantitative estimate of drug-likeness (QED) is 0.790. The number of nitrogens with two attached hydrogens (primary N) is 2. The van der Waals surface area contributed by atoms with Crippen LogP contribution in [0.1, 0.15) is 31.1 Å². The average molecular weight is 230 g/mol. The summed E-state index contributed by atoms with van der Waals surface area (Å²) in [5.41, 5.74) is 14.7. The summed E-state index contributed by atoms with van der Waals surface area (Å²) in [4.78, 5) is 4.67. The molecule has 2 aromatic rings. The fraction of sp³-hybridized carbons (Fsp3) is 0.462. The summed E-state index contributed by atoms with van der Waals surface area (Å²) in [6, 6.07) is 6.51. The van der Waals surface area contributed by atoms with Crippen molar-refractivity contribution in [2.45, 2.75) is 31.7 Å². The van der Waals surface area contributed by atoms with Gasteiger partial charge in [0, 0.05) is 12.5 Å². The average Bonchev–Trinajstić information content (AvgIpc) is 2.57. The molecule has 0 amide bonds. The number of anilines is 1. The van der Waals surface area contributed by atoms with E-state index >= 15 is 0 Å². The molecule has 1 aliphatic rings. The largest absolute Gasteiger partial charge is 0.397 e. The van der Waals surface area contributed by atoms with E-state index in [9.17, 15) is 0 Å². The summed E-state index contributed by atoms with van der Waals surface area (Å²) in [7, 11) is 0. The Hall–Kier alpha value is -1.55. The third-order valence-corrected chi connectivity index (χ3v) is 3.62. The molecule has 1 aromatic heterocycles. The van der Waals surface area contributed by atoms with Crippen molar-refractivity contribution in [2.75, 3.05) is 12.3 Å². The highest BCUT2D eigenvalue weighted by molar-refractivity contribution is 5.88. The first-order valence-corrected chi connectivity index (χ1v) is 6.26. The maximum atomic E-state index is 6.09. The zero-order chi connectivity index (χ0) is 11.8. The number of hydrogen-bond acceptors (Lipinski definition) is 3. The highest BCUT2D eigenvalue weighted by Gasteiger charge is 2.24. The van der Waals surface area contributed by atoms with Gasteiger partial charge < -0.3 is 16.0 Å². The van der Waals surface area contributed by atoms with Gasteiger partial charge in [-0.2, -0.15) is 0 Å². The Morgan fingerprint density at radius 2 is 2.18 bits per heavy atom. The lowest BCUT2D eigenvalue weighted by molar-refractivity contribution is 0.313. The first-order chi connectivity index (χ1) is 8.31. The molecule has 1 aliphatic carbocycles. The number of para-hydroxylation sites is 1. The molecule has 1 heterocycles. The highest BCUT2D eigenvalue weighted by Crippen LogP contribution is 2.37. The lowest BCUT2D eigenvalue weighted by Gasteiger charge is -2.29. The van der Waals surface area contributed by atoms with Crippen molar-refractivity contribution in [3.8, 4) is 0 Å². The van der Waals surface area contributed by atoms with Crippen molar-refractivity contribution >= 4 is 16.7 Å². The SMILES string of the molecule is NCCc1nc2cccc(N)c2n1C1CCC1. The van der Waals surface area contributed by atoms with E-state index < -0.39 is 0 Å². The number of aromatic nitrogens is 2. The van der Waals surface area contributed by atoms with Gasteiger partial charge in [0.1, 0.15) is 5.82 Å². The van der Waals surface area contributed by atoms with Gasteiger partial charge in [0.25, 0.3) is 0 Å². The molecule has 0 spiro atoms. The molecule has 4 nitrogen and oxygen atoms in total. The molecule has 0 bridgehead atoms. The second kappa shape index (κ2) is 4.04. The molecule has 4 heteroatoms. The van der Waals surface area contributed by atoms with E-state index in [1.54, 1.807) is 0 Å². The molecular weight excluding hydrogens is 212 g/mol.